The molecule has 3 aromatic rings. The maximum atomic E-state index is 4.47. The van der Waals surface area contributed by atoms with Gasteiger partial charge in [0.1, 0.15) is 5.82 Å². The Kier molecular flexibility index (Phi) is 2.22. The highest BCUT2D eigenvalue weighted by atomic mass is 32.1. The van der Waals surface area contributed by atoms with Gasteiger partial charge < -0.3 is 4.98 Å². The van der Waals surface area contributed by atoms with Gasteiger partial charge in [0.05, 0.1) is 5.52 Å². The molecule has 0 saturated carbocycles. The van der Waals surface area contributed by atoms with Crippen molar-refractivity contribution >= 4 is 22.5 Å². The van der Waals surface area contributed by atoms with Crippen molar-refractivity contribution in [3.63, 3.8) is 0 Å². The Labute approximate surface area is 97.2 Å². The van der Waals surface area contributed by atoms with Crippen LogP contribution in [0.4, 0.5) is 0 Å². The molecule has 3 aromatic heterocycles. The summed E-state index contributed by atoms with van der Waals surface area (Å²) in [4.78, 5) is 12.1. The maximum absolute atomic E-state index is 4.47. The van der Waals surface area contributed by atoms with Crippen molar-refractivity contribution in [2.75, 3.05) is 0 Å². The van der Waals surface area contributed by atoms with Crippen LogP contribution in [0.2, 0.25) is 0 Å². The summed E-state index contributed by atoms with van der Waals surface area (Å²) in [6.07, 6.45) is 2.69. The van der Waals surface area contributed by atoms with E-state index >= 15 is 0 Å². The topological polar surface area (TPSA) is 41.6 Å². The van der Waals surface area contributed by atoms with Gasteiger partial charge in [-0.15, -0.1) is 0 Å². The van der Waals surface area contributed by atoms with Crippen molar-refractivity contribution in [3.05, 3.63) is 46.0 Å². The Balaban J connectivity index is 1.99. The SMILES string of the molecule is Cc1cnc2nc(Cc3ccsc3)[nH]c2c1. The Morgan fingerprint density at radius 3 is 3.19 bits per heavy atom. The molecule has 4 heteroatoms. The lowest BCUT2D eigenvalue weighted by atomic mass is 10.2. The first-order chi connectivity index (χ1) is 7.81. The van der Waals surface area contributed by atoms with Crippen LogP contribution in [0.15, 0.2) is 29.1 Å². The first kappa shape index (κ1) is 9.54. The third kappa shape index (κ3) is 1.72. The lowest BCUT2D eigenvalue weighted by Gasteiger charge is -1.90. The highest BCUT2D eigenvalue weighted by molar-refractivity contribution is 7.07. The fraction of sp³-hybridized carbons (Fsp3) is 0.167. The molecule has 0 unspecified atom stereocenters. The van der Waals surface area contributed by atoms with Gasteiger partial charge in [-0.1, -0.05) is 0 Å². The van der Waals surface area contributed by atoms with Gasteiger partial charge in [-0.05, 0) is 40.9 Å². The van der Waals surface area contributed by atoms with Crippen molar-refractivity contribution in [2.45, 2.75) is 13.3 Å². The first-order valence-corrected chi connectivity index (χ1v) is 6.08. The molecule has 16 heavy (non-hydrogen) atoms. The van der Waals surface area contributed by atoms with Gasteiger partial charge in [-0.25, -0.2) is 9.97 Å². The highest BCUT2D eigenvalue weighted by Crippen LogP contribution is 2.14. The molecule has 0 amide bonds. The van der Waals surface area contributed by atoms with E-state index in [1.54, 1.807) is 11.3 Å². The minimum atomic E-state index is 0.802. The Hall–Kier alpha value is -1.68. The summed E-state index contributed by atoms with van der Waals surface area (Å²) in [5, 5.41) is 4.23. The van der Waals surface area contributed by atoms with Crippen LogP contribution in [0.1, 0.15) is 17.0 Å². The lowest BCUT2D eigenvalue weighted by Crippen LogP contribution is -1.87. The average molecular weight is 229 g/mol. The highest BCUT2D eigenvalue weighted by Gasteiger charge is 2.04. The van der Waals surface area contributed by atoms with E-state index in [0.717, 1.165) is 29.0 Å². The number of pyridine rings is 1. The third-order valence-corrected chi connectivity index (χ3v) is 3.21. The van der Waals surface area contributed by atoms with E-state index in [4.69, 9.17) is 0 Å². The minimum absolute atomic E-state index is 0.802. The van der Waals surface area contributed by atoms with Crippen molar-refractivity contribution in [3.8, 4) is 0 Å². The molecule has 0 saturated heterocycles. The van der Waals surface area contributed by atoms with Crippen molar-refractivity contribution in [1.29, 1.82) is 0 Å². The molecule has 0 bridgehead atoms. The van der Waals surface area contributed by atoms with Crippen molar-refractivity contribution < 1.29 is 0 Å². The molecule has 0 aliphatic rings. The second-order valence-corrected chi connectivity index (χ2v) is 4.66. The smallest absolute Gasteiger partial charge is 0.177 e. The zero-order chi connectivity index (χ0) is 11.0. The molecule has 0 aromatic carbocycles. The number of nitrogens with zero attached hydrogens (tertiary/aromatic N) is 2. The van der Waals surface area contributed by atoms with Crippen LogP contribution in [0, 0.1) is 6.92 Å². The van der Waals surface area contributed by atoms with Crippen LogP contribution < -0.4 is 0 Å². The molecule has 3 nitrogen and oxygen atoms in total. The minimum Gasteiger partial charge on any atom is -0.340 e. The molecule has 1 N–H and O–H groups in total. The molecule has 80 valence electrons. The molecule has 0 aliphatic heterocycles. The predicted octanol–water partition coefficient (Wildman–Crippen LogP) is 2.92. The van der Waals surface area contributed by atoms with Gasteiger partial charge in [0.25, 0.3) is 0 Å². The number of aromatic nitrogens is 3. The van der Waals surface area contributed by atoms with Gasteiger partial charge in [-0.3, -0.25) is 0 Å². The molecule has 0 atom stereocenters. The average Bonchev–Trinajstić information content (AvgIpc) is 2.86. The molecule has 0 radical (unpaired) electrons. The summed E-state index contributed by atoms with van der Waals surface area (Å²) in [5.41, 5.74) is 4.26. The van der Waals surface area contributed by atoms with E-state index in [0.29, 0.717) is 0 Å². The zero-order valence-corrected chi connectivity index (χ0v) is 9.71. The number of fused-ring (bicyclic) bond motifs is 1. The number of nitrogens with one attached hydrogen (secondary N) is 1. The Morgan fingerprint density at radius 2 is 2.38 bits per heavy atom. The van der Waals surface area contributed by atoms with Gasteiger partial charge in [-0.2, -0.15) is 11.3 Å². The van der Waals surface area contributed by atoms with Crippen LogP contribution in [0.5, 0.6) is 0 Å². The predicted molar refractivity (Wildman–Crippen MR) is 65.8 cm³/mol. The standard InChI is InChI=1S/C12H11N3S/c1-8-4-10-12(13-6-8)15-11(14-10)5-9-2-3-16-7-9/h2-4,6-7H,5H2,1H3,(H,13,14,15). The van der Waals surface area contributed by atoms with Crippen LogP contribution in [-0.4, -0.2) is 15.0 Å². The quantitative estimate of drug-likeness (QED) is 0.734. The second-order valence-electron chi connectivity index (χ2n) is 3.88. The molecular formula is C12H11N3S. The van der Waals surface area contributed by atoms with Gasteiger partial charge in [0, 0.05) is 12.6 Å². The summed E-state index contributed by atoms with van der Waals surface area (Å²) >= 11 is 1.71. The number of aryl methyl sites for hydroxylation is 1. The van der Waals surface area contributed by atoms with E-state index < -0.39 is 0 Å². The molecule has 0 spiro atoms. The fourth-order valence-electron chi connectivity index (χ4n) is 1.72. The van der Waals surface area contributed by atoms with Crippen LogP contribution in [0.3, 0.4) is 0 Å². The van der Waals surface area contributed by atoms with E-state index in [9.17, 15) is 0 Å². The number of imidazole rings is 1. The maximum Gasteiger partial charge on any atom is 0.177 e. The zero-order valence-electron chi connectivity index (χ0n) is 8.90. The number of thiophene rings is 1. The van der Waals surface area contributed by atoms with Crippen molar-refractivity contribution in [1.82, 2.24) is 15.0 Å². The fourth-order valence-corrected chi connectivity index (χ4v) is 2.39. The van der Waals surface area contributed by atoms with Gasteiger partial charge in [0.2, 0.25) is 0 Å². The molecule has 3 heterocycles. The van der Waals surface area contributed by atoms with E-state index in [1.807, 2.05) is 13.1 Å². The van der Waals surface area contributed by atoms with E-state index in [1.165, 1.54) is 5.56 Å². The van der Waals surface area contributed by atoms with Crippen molar-refractivity contribution in [2.24, 2.45) is 0 Å². The Bertz CT molecular complexity index is 610. The number of H-pyrrole nitrogens is 1. The Morgan fingerprint density at radius 1 is 1.44 bits per heavy atom. The summed E-state index contributed by atoms with van der Waals surface area (Å²) in [6, 6.07) is 4.20. The molecule has 3 rings (SSSR count). The lowest BCUT2D eigenvalue weighted by molar-refractivity contribution is 1.04. The molecular weight excluding hydrogens is 218 g/mol. The normalized spacial score (nSPS) is 11.1. The first-order valence-electron chi connectivity index (χ1n) is 5.13. The van der Waals surface area contributed by atoms with Gasteiger partial charge >= 0.3 is 0 Å². The van der Waals surface area contributed by atoms with Gasteiger partial charge in [0.15, 0.2) is 5.65 Å². The largest absolute Gasteiger partial charge is 0.340 e. The summed E-state index contributed by atoms with van der Waals surface area (Å²) in [7, 11) is 0. The van der Waals surface area contributed by atoms with Crippen LogP contribution in [0.25, 0.3) is 11.2 Å². The summed E-state index contributed by atoms with van der Waals surface area (Å²) in [6.45, 7) is 2.03. The number of aromatic amines is 1. The van der Waals surface area contributed by atoms with E-state index in [-0.39, 0.29) is 0 Å². The second kappa shape index (κ2) is 3.72. The molecule has 0 aliphatic carbocycles. The monoisotopic (exact) mass is 229 g/mol. The summed E-state index contributed by atoms with van der Waals surface area (Å²) in [5.74, 6) is 0.978. The van der Waals surface area contributed by atoms with Crippen LogP contribution >= 0.6 is 11.3 Å². The van der Waals surface area contributed by atoms with E-state index in [2.05, 4.69) is 37.8 Å². The number of rotatable bonds is 2. The summed E-state index contributed by atoms with van der Waals surface area (Å²) < 4.78 is 0. The number of hydrogen-bond acceptors (Lipinski definition) is 3. The third-order valence-electron chi connectivity index (χ3n) is 2.47. The molecule has 0 fully saturated rings. The number of hydrogen-bond donors (Lipinski definition) is 1. The van der Waals surface area contributed by atoms with Crippen LogP contribution in [-0.2, 0) is 6.42 Å².